The third kappa shape index (κ3) is 1.97. The van der Waals surface area contributed by atoms with Gasteiger partial charge in [0.15, 0.2) is 11.5 Å². The quantitative estimate of drug-likeness (QED) is 0.622. The van der Waals surface area contributed by atoms with Crippen molar-refractivity contribution in [2.75, 3.05) is 6.26 Å². The average molecular weight is 259 g/mol. The lowest BCUT2D eigenvalue weighted by molar-refractivity contribution is 0.103. The summed E-state index contributed by atoms with van der Waals surface area (Å²) in [4.78, 5) is 13.5. The zero-order chi connectivity index (χ0) is 12.5. The van der Waals surface area contributed by atoms with Crippen molar-refractivity contribution in [3.8, 4) is 0 Å². The lowest BCUT2D eigenvalue weighted by Gasteiger charge is -2.05. The highest BCUT2D eigenvalue weighted by atomic mass is 32.2. The van der Waals surface area contributed by atoms with Gasteiger partial charge in [0.05, 0.1) is 11.8 Å². The minimum absolute atomic E-state index is 0.0168. The standard InChI is InChI=1S/C14H13NO2S/c1-18-12-5-3-2-4-10(12)13(16)11-8-15-17-14(11)9-6-7-9/h2-5,8-9H,6-7H2,1H3. The number of benzene rings is 1. The fourth-order valence-electron chi connectivity index (χ4n) is 2.04. The molecule has 1 saturated carbocycles. The zero-order valence-corrected chi connectivity index (χ0v) is 10.9. The van der Waals surface area contributed by atoms with Gasteiger partial charge in [0.1, 0.15) is 0 Å². The summed E-state index contributed by atoms with van der Waals surface area (Å²) >= 11 is 1.58. The largest absolute Gasteiger partial charge is 0.360 e. The number of nitrogens with zero attached hydrogens (tertiary/aromatic N) is 1. The molecule has 1 aromatic carbocycles. The number of carbonyl (C=O) groups is 1. The first kappa shape index (κ1) is 11.5. The predicted octanol–water partition coefficient (Wildman–Crippen LogP) is 3.50. The Balaban J connectivity index is 2.01. The summed E-state index contributed by atoms with van der Waals surface area (Å²) in [5.74, 6) is 1.17. The molecule has 1 aliphatic carbocycles. The molecule has 3 rings (SSSR count). The molecule has 18 heavy (non-hydrogen) atoms. The van der Waals surface area contributed by atoms with Crippen LogP contribution in [0.15, 0.2) is 39.9 Å². The smallest absolute Gasteiger partial charge is 0.199 e. The van der Waals surface area contributed by atoms with Crippen molar-refractivity contribution in [1.29, 1.82) is 0 Å². The third-order valence-electron chi connectivity index (χ3n) is 3.14. The van der Waals surface area contributed by atoms with E-state index in [1.165, 1.54) is 0 Å². The summed E-state index contributed by atoms with van der Waals surface area (Å²) in [5, 5.41) is 3.78. The van der Waals surface area contributed by atoms with Crippen molar-refractivity contribution in [1.82, 2.24) is 5.16 Å². The van der Waals surface area contributed by atoms with Gasteiger partial charge in [-0.15, -0.1) is 11.8 Å². The number of rotatable bonds is 4. The Labute approximate surface area is 110 Å². The molecule has 1 aliphatic rings. The molecule has 3 nitrogen and oxygen atoms in total. The van der Waals surface area contributed by atoms with Crippen LogP contribution in [0.4, 0.5) is 0 Å². The van der Waals surface area contributed by atoms with Gasteiger partial charge in [0.2, 0.25) is 0 Å². The zero-order valence-electron chi connectivity index (χ0n) is 10.1. The van der Waals surface area contributed by atoms with Crippen LogP contribution in [0.1, 0.15) is 40.4 Å². The lowest BCUT2D eigenvalue weighted by Crippen LogP contribution is -2.04. The lowest BCUT2D eigenvalue weighted by atomic mass is 10.0. The Morgan fingerprint density at radius 3 is 2.83 bits per heavy atom. The Morgan fingerprint density at radius 1 is 1.33 bits per heavy atom. The minimum atomic E-state index is 0.0168. The number of aromatic nitrogens is 1. The summed E-state index contributed by atoms with van der Waals surface area (Å²) < 4.78 is 5.23. The van der Waals surface area contributed by atoms with Crippen LogP contribution >= 0.6 is 11.8 Å². The Bertz CT molecular complexity index is 587. The van der Waals surface area contributed by atoms with Crippen LogP contribution in [0.3, 0.4) is 0 Å². The first-order valence-electron chi connectivity index (χ1n) is 5.93. The molecule has 0 bridgehead atoms. The molecular weight excluding hydrogens is 246 g/mol. The van der Waals surface area contributed by atoms with E-state index >= 15 is 0 Å². The highest BCUT2D eigenvalue weighted by molar-refractivity contribution is 7.98. The van der Waals surface area contributed by atoms with Crippen LogP contribution in [0.5, 0.6) is 0 Å². The van der Waals surface area contributed by atoms with Gasteiger partial charge in [0, 0.05) is 16.4 Å². The van der Waals surface area contributed by atoms with Crippen LogP contribution in [0.25, 0.3) is 0 Å². The monoisotopic (exact) mass is 259 g/mol. The molecule has 0 amide bonds. The van der Waals surface area contributed by atoms with E-state index in [1.807, 2.05) is 30.5 Å². The summed E-state index contributed by atoms with van der Waals surface area (Å²) in [6, 6.07) is 7.65. The van der Waals surface area contributed by atoms with Gasteiger partial charge in [-0.25, -0.2) is 0 Å². The third-order valence-corrected chi connectivity index (χ3v) is 3.94. The van der Waals surface area contributed by atoms with Crippen molar-refractivity contribution in [2.24, 2.45) is 0 Å². The summed E-state index contributed by atoms with van der Waals surface area (Å²) in [7, 11) is 0. The number of hydrogen-bond donors (Lipinski definition) is 0. The molecule has 0 spiro atoms. The Morgan fingerprint density at radius 2 is 2.11 bits per heavy atom. The first-order valence-corrected chi connectivity index (χ1v) is 7.16. The summed E-state index contributed by atoms with van der Waals surface area (Å²) in [6.07, 6.45) is 5.72. The SMILES string of the molecule is CSc1ccccc1C(=O)c1cnoc1C1CC1. The molecule has 2 aromatic rings. The van der Waals surface area contributed by atoms with E-state index in [2.05, 4.69) is 5.16 Å². The van der Waals surface area contributed by atoms with Crippen LogP contribution in [0, 0.1) is 0 Å². The van der Waals surface area contributed by atoms with Crippen molar-refractivity contribution in [3.05, 3.63) is 47.3 Å². The molecule has 0 saturated heterocycles. The molecular formula is C14H13NO2S. The Hall–Kier alpha value is -1.55. The van der Waals surface area contributed by atoms with E-state index in [0.29, 0.717) is 11.5 Å². The normalized spacial score (nSPS) is 14.7. The molecule has 1 aromatic heterocycles. The predicted molar refractivity (Wildman–Crippen MR) is 70.1 cm³/mol. The maximum Gasteiger partial charge on any atom is 0.199 e. The van der Waals surface area contributed by atoms with Crippen LogP contribution in [0.2, 0.25) is 0 Å². The van der Waals surface area contributed by atoms with E-state index in [-0.39, 0.29) is 5.78 Å². The maximum atomic E-state index is 12.5. The molecule has 4 heteroatoms. The topological polar surface area (TPSA) is 43.1 Å². The number of carbonyl (C=O) groups excluding carboxylic acids is 1. The molecule has 0 unspecified atom stereocenters. The fraction of sp³-hybridized carbons (Fsp3) is 0.286. The van der Waals surface area contributed by atoms with E-state index in [0.717, 1.165) is 29.1 Å². The molecule has 0 aliphatic heterocycles. The minimum Gasteiger partial charge on any atom is -0.360 e. The van der Waals surface area contributed by atoms with Gasteiger partial charge in [0.25, 0.3) is 0 Å². The summed E-state index contributed by atoms with van der Waals surface area (Å²) in [5.41, 5.74) is 1.36. The van der Waals surface area contributed by atoms with Crippen molar-refractivity contribution < 1.29 is 9.32 Å². The second-order valence-electron chi connectivity index (χ2n) is 4.41. The van der Waals surface area contributed by atoms with E-state index < -0.39 is 0 Å². The number of ketones is 1. The second-order valence-corrected chi connectivity index (χ2v) is 5.26. The average Bonchev–Trinajstić information content (AvgIpc) is 3.15. The van der Waals surface area contributed by atoms with Crippen molar-refractivity contribution >= 4 is 17.5 Å². The molecule has 0 N–H and O–H groups in total. The van der Waals surface area contributed by atoms with Crippen LogP contribution in [-0.4, -0.2) is 17.2 Å². The van der Waals surface area contributed by atoms with Gasteiger partial charge in [-0.2, -0.15) is 0 Å². The highest BCUT2D eigenvalue weighted by Crippen LogP contribution is 2.42. The second kappa shape index (κ2) is 4.61. The maximum absolute atomic E-state index is 12.5. The van der Waals surface area contributed by atoms with Crippen molar-refractivity contribution in [2.45, 2.75) is 23.7 Å². The molecule has 0 atom stereocenters. The van der Waals surface area contributed by atoms with E-state index in [9.17, 15) is 4.79 Å². The van der Waals surface area contributed by atoms with E-state index in [4.69, 9.17) is 4.52 Å². The highest BCUT2D eigenvalue weighted by Gasteiger charge is 2.32. The first-order chi connectivity index (χ1) is 8.81. The van der Waals surface area contributed by atoms with Gasteiger partial charge >= 0.3 is 0 Å². The van der Waals surface area contributed by atoms with Crippen LogP contribution in [-0.2, 0) is 0 Å². The van der Waals surface area contributed by atoms with E-state index in [1.54, 1.807) is 18.0 Å². The fourth-order valence-corrected chi connectivity index (χ4v) is 2.63. The molecule has 0 radical (unpaired) electrons. The number of thioether (sulfide) groups is 1. The summed E-state index contributed by atoms with van der Waals surface area (Å²) in [6.45, 7) is 0. The van der Waals surface area contributed by atoms with Crippen LogP contribution < -0.4 is 0 Å². The van der Waals surface area contributed by atoms with Crippen molar-refractivity contribution in [3.63, 3.8) is 0 Å². The van der Waals surface area contributed by atoms with Gasteiger partial charge in [-0.05, 0) is 31.2 Å². The van der Waals surface area contributed by atoms with Gasteiger partial charge in [-0.3, -0.25) is 4.79 Å². The molecule has 1 heterocycles. The Kier molecular flexibility index (Phi) is 2.96. The molecule has 1 fully saturated rings. The van der Waals surface area contributed by atoms with Gasteiger partial charge < -0.3 is 4.52 Å². The number of hydrogen-bond acceptors (Lipinski definition) is 4. The molecule has 92 valence electrons. The van der Waals surface area contributed by atoms with Gasteiger partial charge in [-0.1, -0.05) is 17.3 Å².